The van der Waals surface area contributed by atoms with E-state index in [2.05, 4.69) is 27.9 Å². The highest BCUT2D eigenvalue weighted by atomic mass is 16.2. The maximum Gasteiger partial charge on any atom is 0.257 e. The normalized spacial score (nSPS) is 27.0. The van der Waals surface area contributed by atoms with Crippen LogP contribution in [0.2, 0.25) is 0 Å². The molecule has 134 valence electrons. The number of hydrogen-bond acceptors (Lipinski definition) is 3. The molecule has 5 nitrogen and oxygen atoms in total. The molecule has 4 rings (SSSR count). The molecular weight excluding hydrogens is 314 g/mol. The Bertz CT molecular complexity index is 660. The summed E-state index contributed by atoms with van der Waals surface area (Å²) < 4.78 is 0. The summed E-state index contributed by atoms with van der Waals surface area (Å²) in [6.07, 6.45) is 7.79. The van der Waals surface area contributed by atoms with Crippen LogP contribution < -0.4 is 15.8 Å². The number of fused-ring (bicyclic) bond motifs is 3. The number of carbonyl (C=O) groups is 2. The number of hydrogen-bond donors (Lipinski definition) is 2. The van der Waals surface area contributed by atoms with E-state index >= 15 is 0 Å². The molecule has 2 amide bonds. The SMILES string of the molecule is O=C(CC1CC2CCC1C2)NNC(=O)CN1CCCc2ccccc21. The highest BCUT2D eigenvalue weighted by Crippen LogP contribution is 2.49. The predicted molar refractivity (Wildman–Crippen MR) is 96.8 cm³/mol. The lowest BCUT2D eigenvalue weighted by atomic mass is 9.86. The van der Waals surface area contributed by atoms with Gasteiger partial charge in [-0.15, -0.1) is 0 Å². The summed E-state index contributed by atoms with van der Waals surface area (Å²) in [5, 5.41) is 0. The summed E-state index contributed by atoms with van der Waals surface area (Å²) in [6, 6.07) is 8.23. The number of nitrogens with zero attached hydrogens (tertiary/aromatic N) is 1. The van der Waals surface area contributed by atoms with Crippen LogP contribution in [0.5, 0.6) is 0 Å². The zero-order valence-corrected chi connectivity index (χ0v) is 14.7. The molecule has 2 bridgehead atoms. The van der Waals surface area contributed by atoms with Crippen LogP contribution in [-0.2, 0) is 16.0 Å². The topological polar surface area (TPSA) is 61.4 Å². The van der Waals surface area contributed by atoms with Gasteiger partial charge in [-0.25, -0.2) is 0 Å². The van der Waals surface area contributed by atoms with Crippen LogP contribution in [0.4, 0.5) is 5.69 Å². The number of para-hydroxylation sites is 1. The third-order valence-electron chi connectivity index (χ3n) is 6.21. The van der Waals surface area contributed by atoms with E-state index in [-0.39, 0.29) is 18.4 Å². The standard InChI is InChI=1S/C20H27N3O2/c24-19(12-17-11-14-7-8-16(17)10-14)21-22-20(25)13-23-9-3-5-15-4-1-2-6-18(15)23/h1-2,4,6,14,16-17H,3,5,7-13H2,(H,21,24)(H,22,25). The largest absolute Gasteiger partial charge is 0.362 e. The fourth-order valence-corrected chi connectivity index (χ4v) is 5.04. The second kappa shape index (κ2) is 7.06. The van der Waals surface area contributed by atoms with Crippen LogP contribution in [-0.4, -0.2) is 24.9 Å². The van der Waals surface area contributed by atoms with Crippen molar-refractivity contribution in [1.82, 2.24) is 10.9 Å². The Hall–Kier alpha value is -2.04. The van der Waals surface area contributed by atoms with Gasteiger partial charge in [-0.05, 0) is 61.5 Å². The molecule has 5 heteroatoms. The molecule has 2 fully saturated rings. The van der Waals surface area contributed by atoms with Crippen LogP contribution >= 0.6 is 0 Å². The van der Waals surface area contributed by atoms with Crippen molar-refractivity contribution in [2.75, 3.05) is 18.0 Å². The van der Waals surface area contributed by atoms with E-state index in [9.17, 15) is 9.59 Å². The van der Waals surface area contributed by atoms with Gasteiger partial charge in [-0.1, -0.05) is 24.6 Å². The van der Waals surface area contributed by atoms with E-state index in [0.29, 0.717) is 12.3 Å². The molecule has 1 heterocycles. The maximum atomic E-state index is 12.2. The van der Waals surface area contributed by atoms with Crippen molar-refractivity contribution in [3.63, 3.8) is 0 Å². The van der Waals surface area contributed by atoms with Crippen molar-refractivity contribution < 1.29 is 9.59 Å². The lowest BCUT2D eigenvalue weighted by Crippen LogP contribution is -2.47. The average Bonchev–Trinajstić information content (AvgIpc) is 3.23. The molecule has 0 spiro atoms. The third-order valence-corrected chi connectivity index (χ3v) is 6.21. The van der Waals surface area contributed by atoms with Gasteiger partial charge in [0.05, 0.1) is 6.54 Å². The van der Waals surface area contributed by atoms with Crippen molar-refractivity contribution in [3.05, 3.63) is 29.8 Å². The molecule has 3 aliphatic rings. The Balaban J connectivity index is 1.24. The van der Waals surface area contributed by atoms with Gasteiger partial charge in [0.1, 0.15) is 0 Å². The summed E-state index contributed by atoms with van der Waals surface area (Å²) in [7, 11) is 0. The average molecular weight is 341 g/mol. The number of rotatable bonds is 4. The fraction of sp³-hybridized carbons (Fsp3) is 0.600. The lowest BCUT2D eigenvalue weighted by molar-refractivity contribution is -0.129. The smallest absolute Gasteiger partial charge is 0.257 e. The molecule has 3 atom stereocenters. The molecule has 1 aliphatic heterocycles. The second-order valence-electron chi connectivity index (χ2n) is 7.89. The van der Waals surface area contributed by atoms with Crippen molar-refractivity contribution in [1.29, 1.82) is 0 Å². The van der Waals surface area contributed by atoms with Crippen molar-refractivity contribution in [2.45, 2.75) is 44.9 Å². The van der Waals surface area contributed by atoms with Crippen molar-refractivity contribution >= 4 is 17.5 Å². The molecule has 1 aromatic carbocycles. The minimum absolute atomic E-state index is 0.0510. The van der Waals surface area contributed by atoms with Gasteiger partial charge >= 0.3 is 0 Å². The van der Waals surface area contributed by atoms with E-state index in [1.165, 1.54) is 31.2 Å². The Morgan fingerprint density at radius 3 is 2.72 bits per heavy atom. The van der Waals surface area contributed by atoms with E-state index in [0.717, 1.165) is 36.9 Å². The lowest BCUT2D eigenvalue weighted by Gasteiger charge is -2.30. The van der Waals surface area contributed by atoms with Crippen molar-refractivity contribution in [2.24, 2.45) is 17.8 Å². The van der Waals surface area contributed by atoms with Crippen LogP contribution in [0.1, 0.15) is 44.1 Å². The number of aryl methyl sites for hydroxylation is 1. The van der Waals surface area contributed by atoms with Gasteiger partial charge in [0.2, 0.25) is 5.91 Å². The molecule has 1 aromatic rings. The van der Waals surface area contributed by atoms with Gasteiger partial charge in [-0.3, -0.25) is 20.4 Å². The number of nitrogens with one attached hydrogen (secondary N) is 2. The summed E-state index contributed by atoms with van der Waals surface area (Å²) in [5.41, 5.74) is 7.65. The van der Waals surface area contributed by atoms with Crippen LogP contribution in [0, 0.1) is 17.8 Å². The quantitative estimate of drug-likeness (QED) is 0.827. The molecule has 3 unspecified atom stereocenters. The summed E-state index contributed by atoms with van der Waals surface area (Å²) in [6.45, 7) is 1.16. The first-order valence-corrected chi connectivity index (χ1v) is 9.59. The highest BCUT2D eigenvalue weighted by molar-refractivity contribution is 5.85. The molecule has 0 radical (unpaired) electrons. The highest BCUT2D eigenvalue weighted by Gasteiger charge is 2.40. The number of carbonyl (C=O) groups excluding carboxylic acids is 2. The fourth-order valence-electron chi connectivity index (χ4n) is 5.04. The Labute approximate surface area is 149 Å². The zero-order valence-electron chi connectivity index (χ0n) is 14.7. The zero-order chi connectivity index (χ0) is 17.2. The van der Waals surface area contributed by atoms with Crippen molar-refractivity contribution in [3.8, 4) is 0 Å². The Morgan fingerprint density at radius 2 is 1.92 bits per heavy atom. The maximum absolute atomic E-state index is 12.2. The first-order valence-electron chi connectivity index (χ1n) is 9.59. The first kappa shape index (κ1) is 16.4. The predicted octanol–water partition coefficient (Wildman–Crippen LogP) is 2.41. The molecule has 25 heavy (non-hydrogen) atoms. The van der Waals surface area contributed by atoms with Gasteiger partial charge in [0.15, 0.2) is 0 Å². The number of amides is 2. The number of anilines is 1. The summed E-state index contributed by atoms with van der Waals surface area (Å²) in [5.74, 6) is 1.89. The Kier molecular flexibility index (Phi) is 4.64. The number of benzene rings is 1. The van der Waals surface area contributed by atoms with Crippen LogP contribution in [0.25, 0.3) is 0 Å². The van der Waals surface area contributed by atoms with Gasteiger partial charge < -0.3 is 4.90 Å². The molecular formula is C20H27N3O2. The first-order chi connectivity index (χ1) is 12.2. The van der Waals surface area contributed by atoms with E-state index in [1.54, 1.807) is 0 Å². The Morgan fingerprint density at radius 1 is 1.08 bits per heavy atom. The monoisotopic (exact) mass is 341 g/mol. The van der Waals surface area contributed by atoms with E-state index in [1.807, 2.05) is 12.1 Å². The van der Waals surface area contributed by atoms with Crippen LogP contribution in [0.15, 0.2) is 24.3 Å². The van der Waals surface area contributed by atoms with Gasteiger partial charge in [-0.2, -0.15) is 0 Å². The second-order valence-corrected chi connectivity index (χ2v) is 7.89. The molecule has 2 saturated carbocycles. The van der Waals surface area contributed by atoms with Gasteiger partial charge in [0, 0.05) is 18.7 Å². The summed E-state index contributed by atoms with van der Waals surface area (Å²) in [4.78, 5) is 26.4. The molecule has 2 N–H and O–H groups in total. The number of hydrazine groups is 1. The minimum Gasteiger partial charge on any atom is -0.362 e. The molecule has 0 aromatic heterocycles. The van der Waals surface area contributed by atoms with Crippen LogP contribution in [0.3, 0.4) is 0 Å². The summed E-state index contributed by atoms with van der Waals surface area (Å²) >= 11 is 0. The van der Waals surface area contributed by atoms with E-state index < -0.39 is 0 Å². The third kappa shape index (κ3) is 3.65. The molecule has 0 saturated heterocycles. The van der Waals surface area contributed by atoms with E-state index in [4.69, 9.17) is 0 Å². The molecule has 2 aliphatic carbocycles. The minimum atomic E-state index is -0.155. The van der Waals surface area contributed by atoms with Gasteiger partial charge in [0.25, 0.3) is 5.91 Å².